The predicted octanol–water partition coefficient (Wildman–Crippen LogP) is 2.34. The van der Waals surface area contributed by atoms with E-state index in [1.54, 1.807) is 6.26 Å². The Morgan fingerprint density at radius 2 is 2.40 bits per heavy atom. The Kier molecular flexibility index (Phi) is 5.66. The Labute approximate surface area is 63.1 Å². The minimum atomic E-state index is -0.104. The van der Waals surface area contributed by atoms with E-state index in [9.17, 15) is 0 Å². The fourth-order valence-electron chi connectivity index (χ4n) is 0.447. The highest BCUT2D eigenvalue weighted by atomic mass is 16.5. The lowest BCUT2D eigenvalue weighted by Crippen LogP contribution is -1.97. The van der Waals surface area contributed by atoms with Crippen molar-refractivity contribution in [3.63, 3.8) is 0 Å². The molecule has 0 fully saturated rings. The molecule has 0 aliphatic heterocycles. The van der Waals surface area contributed by atoms with E-state index in [0.29, 0.717) is 0 Å². The van der Waals surface area contributed by atoms with Gasteiger partial charge in [-0.25, -0.2) is 0 Å². The molecule has 0 bridgehead atoms. The monoisotopic (exact) mass is 138 g/mol. The molecule has 0 aliphatic rings. The molecular formula is C9H14O. The first-order valence-corrected chi connectivity index (χ1v) is 3.57. The summed E-state index contributed by atoms with van der Waals surface area (Å²) >= 11 is 0. The van der Waals surface area contributed by atoms with Crippen LogP contribution in [0.25, 0.3) is 0 Å². The average molecular weight is 138 g/mol. The molecule has 1 atom stereocenters. The zero-order chi connectivity index (χ0) is 7.82. The van der Waals surface area contributed by atoms with Crippen LogP contribution in [0.5, 0.6) is 0 Å². The zero-order valence-electron chi connectivity index (χ0n) is 6.63. The molecule has 1 unspecified atom stereocenters. The van der Waals surface area contributed by atoms with E-state index >= 15 is 0 Å². The van der Waals surface area contributed by atoms with Gasteiger partial charge in [-0.1, -0.05) is 19.3 Å². The van der Waals surface area contributed by atoms with Gasteiger partial charge in [0.1, 0.15) is 0 Å². The lowest BCUT2D eigenvalue weighted by Gasteiger charge is -2.00. The first kappa shape index (κ1) is 9.10. The van der Waals surface area contributed by atoms with Crippen molar-refractivity contribution in [2.75, 3.05) is 0 Å². The summed E-state index contributed by atoms with van der Waals surface area (Å²) in [7, 11) is 0. The molecule has 0 aromatic rings. The normalized spacial score (nSPS) is 12.9. The Balaban J connectivity index is 3.27. The molecule has 0 saturated heterocycles. The van der Waals surface area contributed by atoms with Gasteiger partial charge >= 0.3 is 0 Å². The Morgan fingerprint density at radius 1 is 1.70 bits per heavy atom. The van der Waals surface area contributed by atoms with Crippen LogP contribution in [0.4, 0.5) is 0 Å². The Bertz CT molecular complexity index is 130. The molecule has 0 aliphatic carbocycles. The first-order chi connectivity index (χ1) is 4.81. The Morgan fingerprint density at radius 3 is 2.90 bits per heavy atom. The summed E-state index contributed by atoms with van der Waals surface area (Å²) in [6, 6.07) is 0. The molecule has 0 amide bonds. The lowest BCUT2D eigenvalue weighted by atomic mass is 10.3. The van der Waals surface area contributed by atoms with E-state index in [0.717, 1.165) is 12.8 Å². The summed E-state index contributed by atoms with van der Waals surface area (Å²) in [4.78, 5) is 0. The molecule has 0 heterocycles. The van der Waals surface area contributed by atoms with Crippen LogP contribution in [-0.4, -0.2) is 6.10 Å². The maximum Gasteiger partial charge on any atom is 0.155 e. The standard InChI is InChI=1S/C9H14O/c1-4-6-7-8-10-9(3)5-2/h2,7-9H,4,6H2,1,3H3. The highest BCUT2D eigenvalue weighted by Crippen LogP contribution is 1.92. The summed E-state index contributed by atoms with van der Waals surface area (Å²) in [5, 5.41) is 0. The summed E-state index contributed by atoms with van der Waals surface area (Å²) in [5.41, 5.74) is 0. The summed E-state index contributed by atoms with van der Waals surface area (Å²) < 4.78 is 5.08. The number of ether oxygens (including phenoxy) is 1. The molecule has 0 radical (unpaired) electrons. The number of unbranched alkanes of at least 4 members (excludes halogenated alkanes) is 1. The smallest absolute Gasteiger partial charge is 0.155 e. The van der Waals surface area contributed by atoms with Crippen LogP contribution in [0.15, 0.2) is 12.3 Å². The van der Waals surface area contributed by atoms with Crippen LogP contribution >= 0.6 is 0 Å². The van der Waals surface area contributed by atoms with Gasteiger partial charge < -0.3 is 4.74 Å². The van der Waals surface area contributed by atoms with E-state index in [1.807, 2.05) is 13.0 Å². The van der Waals surface area contributed by atoms with Gasteiger partial charge in [0.2, 0.25) is 0 Å². The van der Waals surface area contributed by atoms with Crippen LogP contribution in [-0.2, 0) is 4.74 Å². The molecule has 0 spiro atoms. The second-order valence-corrected chi connectivity index (χ2v) is 2.11. The van der Waals surface area contributed by atoms with Crippen molar-refractivity contribution in [1.82, 2.24) is 0 Å². The fraction of sp³-hybridized carbons (Fsp3) is 0.556. The highest BCUT2D eigenvalue weighted by Gasteiger charge is 1.88. The van der Waals surface area contributed by atoms with Gasteiger partial charge in [-0.2, -0.15) is 0 Å². The fourth-order valence-corrected chi connectivity index (χ4v) is 0.447. The molecule has 0 N–H and O–H groups in total. The molecule has 0 rings (SSSR count). The van der Waals surface area contributed by atoms with Crippen LogP contribution < -0.4 is 0 Å². The number of allylic oxidation sites excluding steroid dienone is 1. The van der Waals surface area contributed by atoms with Gasteiger partial charge in [-0.3, -0.25) is 0 Å². The Hall–Kier alpha value is -0.900. The second-order valence-electron chi connectivity index (χ2n) is 2.11. The average Bonchev–Trinajstić information content (AvgIpc) is 1.98. The van der Waals surface area contributed by atoms with Crippen molar-refractivity contribution in [3.8, 4) is 12.3 Å². The van der Waals surface area contributed by atoms with Gasteiger partial charge in [0.15, 0.2) is 6.10 Å². The predicted molar refractivity (Wildman–Crippen MR) is 43.4 cm³/mol. The van der Waals surface area contributed by atoms with Crippen molar-refractivity contribution in [3.05, 3.63) is 12.3 Å². The third kappa shape index (κ3) is 5.24. The topological polar surface area (TPSA) is 9.23 Å². The number of hydrogen-bond acceptors (Lipinski definition) is 1. The molecule has 1 heteroatoms. The quantitative estimate of drug-likeness (QED) is 0.428. The van der Waals surface area contributed by atoms with Crippen LogP contribution in [0.2, 0.25) is 0 Å². The SMILES string of the molecule is C#CC(C)OC=CCCC. The minimum absolute atomic E-state index is 0.104. The third-order valence-electron chi connectivity index (χ3n) is 1.07. The van der Waals surface area contributed by atoms with Crippen molar-refractivity contribution >= 4 is 0 Å². The van der Waals surface area contributed by atoms with Crippen LogP contribution in [0.1, 0.15) is 26.7 Å². The number of terminal acetylenes is 1. The number of hydrogen-bond donors (Lipinski definition) is 0. The van der Waals surface area contributed by atoms with E-state index in [2.05, 4.69) is 12.8 Å². The van der Waals surface area contributed by atoms with Gasteiger partial charge in [-0.05, 0) is 19.4 Å². The molecule has 56 valence electrons. The molecular weight excluding hydrogens is 124 g/mol. The van der Waals surface area contributed by atoms with E-state index in [1.165, 1.54) is 0 Å². The second kappa shape index (κ2) is 6.22. The van der Waals surface area contributed by atoms with Gasteiger partial charge in [0.05, 0.1) is 6.26 Å². The largest absolute Gasteiger partial charge is 0.486 e. The van der Waals surface area contributed by atoms with E-state index in [4.69, 9.17) is 11.2 Å². The summed E-state index contributed by atoms with van der Waals surface area (Å²) in [5.74, 6) is 2.47. The lowest BCUT2D eigenvalue weighted by molar-refractivity contribution is 0.211. The maximum absolute atomic E-state index is 5.08. The van der Waals surface area contributed by atoms with E-state index in [-0.39, 0.29) is 6.10 Å². The molecule has 0 aromatic carbocycles. The van der Waals surface area contributed by atoms with Crippen molar-refractivity contribution < 1.29 is 4.74 Å². The van der Waals surface area contributed by atoms with Gasteiger partial charge in [-0.15, -0.1) is 6.42 Å². The molecule has 10 heavy (non-hydrogen) atoms. The van der Waals surface area contributed by atoms with Gasteiger partial charge in [0.25, 0.3) is 0 Å². The first-order valence-electron chi connectivity index (χ1n) is 3.57. The van der Waals surface area contributed by atoms with Crippen LogP contribution in [0, 0.1) is 12.3 Å². The molecule has 1 nitrogen and oxygen atoms in total. The van der Waals surface area contributed by atoms with Crippen molar-refractivity contribution in [2.24, 2.45) is 0 Å². The molecule has 0 saturated carbocycles. The number of rotatable bonds is 4. The third-order valence-corrected chi connectivity index (χ3v) is 1.07. The van der Waals surface area contributed by atoms with Gasteiger partial charge in [0, 0.05) is 0 Å². The van der Waals surface area contributed by atoms with Crippen LogP contribution in [0.3, 0.4) is 0 Å². The summed E-state index contributed by atoms with van der Waals surface area (Å²) in [6.45, 7) is 3.96. The van der Waals surface area contributed by atoms with E-state index < -0.39 is 0 Å². The van der Waals surface area contributed by atoms with Crippen molar-refractivity contribution in [2.45, 2.75) is 32.8 Å². The maximum atomic E-state index is 5.08. The highest BCUT2D eigenvalue weighted by molar-refractivity contribution is 4.93. The zero-order valence-corrected chi connectivity index (χ0v) is 6.63. The molecule has 0 aromatic heterocycles. The summed E-state index contributed by atoms with van der Waals surface area (Å²) in [6.07, 6.45) is 10.8. The minimum Gasteiger partial charge on any atom is -0.486 e. The van der Waals surface area contributed by atoms with Crippen molar-refractivity contribution in [1.29, 1.82) is 0 Å².